The number of nitrogens with zero attached hydrogens (tertiary/aromatic N) is 2. The summed E-state index contributed by atoms with van der Waals surface area (Å²) in [7, 11) is 0. The van der Waals surface area contributed by atoms with Crippen LogP contribution in [0.15, 0.2) is 52.0 Å². The minimum atomic E-state index is -0.208. The van der Waals surface area contributed by atoms with Crippen molar-refractivity contribution >= 4 is 16.6 Å². The first-order valence-electron chi connectivity index (χ1n) is 8.03. The zero-order valence-electron chi connectivity index (χ0n) is 14.0. The topological polar surface area (TPSA) is 89.8 Å². The van der Waals surface area contributed by atoms with Gasteiger partial charge < -0.3 is 19.8 Å². The molecule has 6 heteroatoms. The van der Waals surface area contributed by atoms with Gasteiger partial charge in [0.05, 0.1) is 17.9 Å². The van der Waals surface area contributed by atoms with Crippen molar-refractivity contribution in [2.24, 2.45) is 0 Å². The monoisotopic (exact) mass is 334 g/mol. The minimum absolute atomic E-state index is 0.206. The van der Waals surface area contributed by atoms with Crippen molar-refractivity contribution in [3.8, 4) is 11.1 Å². The Morgan fingerprint density at radius 2 is 2.08 bits per heavy atom. The first kappa shape index (κ1) is 15.3. The molecule has 0 fully saturated rings. The average molecular weight is 334 g/mol. The summed E-state index contributed by atoms with van der Waals surface area (Å²) in [4.78, 5) is 15.7. The second kappa shape index (κ2) is 5.66. The van der Waals surface area contributed by atoms with Crippen molar-refractivity contribution in [2.75, 3.05) is 5.73 Å². The standard InChI is InChI=1S/C19H18N4O2/c1-11-18(12(2)25-22-11)13-7-16(20)19(24)23(9-13)10-14-8-21-17-6-4-3-5-15(14)17/h3-9,21H,10,20H2,1-2H3. The Bertz CT molecular complexity index is 1110. The van der Waals surface area contributed by atoms with Gasteiger partial charge in [0.25, 0.3) is 5.56 Å². The summed E-state index contributed by atoms with van der Waals surface area (Å²) in [5.74, 6) is 0.703. The minimum Gasteiger partial charge on any atom is -0.394 e. The number of hydrogen-bond acceptors (Lipinski definition) is 4. The highest BCUT2D eigenvalue weighted by Gasteiger charge is 2.15. The quantitative estimate of drug-likeness (QED) is 0.602. The predicted molar refractivity (Wildman–Crippen MR) is 97.5 cm³/mol. The van der Waals surface area contributed by atoms with Crippen molar-refractivity contribution in [1.29, 1.82) is 0 Å². The molecule has 0 aliphatic rings. The molecule has 0 spiro atoms. The molecule has 6 nitrogen and oxygen atoms in total. The van der Waals surface area contributed by atoms with Gasteiger partial charge in [0.15, 0.2) is 0 Å². The molecule has 4 rings (SSSR count). The van der Waals surface area contributed by atoms with Gasteiger partial charge in [0, 0.05) is 34.4 Å². The van der Waals surface area contributed by atoms with Gasteiger partial charge in [-0.25, -0.2) is 0 Å². The number of fused-ring (bicyclic) bond motifs is 1. The van der Waals surface area contributed by atoms with Crippen molar-refractivity contribution in [1.82, 2.24) is 14.7 Å². The zero-order valence-corrected chi connectivity index (χ0v) is 14.0. The molecule has 0 amide bonds. The molecule has 3 aromatic heterocycles. The summed E-state index contributed by atoms with van der Waals surface area (Å²) < 4.78 is 6.87. The number of hydrogen-bond donors (Lipinski definition) is 2. The van der Waals surface area contributed by atoms with Crippen LogP contribution >= 0.6 is 0 Å². The summed E-state index contributed by atoms with van der Waals surface area (Å²) >= 11 is 0. The second-order valence-corrected chi connectivity index (χ2v) is 6.18. The van der Waals surface area contributed by atoms with E-state index in [2.05, 4.69) is 10.1 Å². The van der Waals surface area contributed by atoms with E-state index in [1.807, 2.05) is 50.5 Å². The van der Waals surface area contributed by atoms with Crippen LogP contribution in [0.1, 0.15) is 17.0 Å². The number of aromatic amines is 1. The van der Waals surface area contributed by atoms with Gasteiger partial charge in [0.1, 0.15) is 5.76 Å². The van der Waals surface area contributed by atoms with E-state index in [1.165, 1.54) is 0 Å². The Kier molecular flexibility index (Phi) is 3.46. The van der Waals surface area contributed by atoms with E-state index in [0.717, 1.165) is 33.3 Å². The van der Waals surface area contributed by atoms with Crippen LogP contribution < -0.4 is 11.3 Å². The van der Waals surface area contributed by atoms with Crippen LogP contribution in [-0.2, 0) is 6.54 Å². The Hall–Kier alpha value is -3.28. The van der Waals surface area contributed by atoms with E-state index < -0.39 is 0 Å². The molecule has 0 saturated carbocycles. The number of aromatic nitrogens is 3. The summed E-state index contributed by atoms with van der Waals surface area (Å²) in [6.45, 7) is 4.15. The average Bonchev–Trinajstić information content (AvgIpc) is 3.15. The van der Waals surface area contributed by atoms with E-state index in [4.69, 9.17) is 10.3 Å². The maximum absolute atomic E-state index is 12.5. The van der Waals surface area contributed by atoms with Crippen molar-refractivity contribution in [3.63, 3.8) is 0 Å². The number of nitrogen functional groups attached to an aromatic ring is 1. The molecule has 3 heterocycles. The van der Waals surface area contributed by atoms with Gasteiger partial charge in [-0.15, -0.1) is 0 Å². The number of para-hydroxylation sites is 1. The van der Waals surface area contributed by atoms with Gasteiger partial charge in [-0.05, 0) is 31.5 Å². The predicted octanol–water partition coefficient (Wildman–Crippen LogP) is 3.23. The normalized spacial score (nSPS) is 11.3. The lowest BCUT2D eigenvalue weighted by Crippen LogP contribution is -2.23. The second-order valence-electron chi connectivity index (χ2n) is 6.18. The lowest BCUT2D eigenvalue weighted by Gasteiger charge is -2.10. The third-order valence-electron chi connectivity index (χ3n) is 4.45. The lowest BCUT2D eigenvalue weighted by atomic mass is 10.1. The molecule has 3 N–H and O–H groups in total. The van der Waals surface area contributed by atoms with Crippen LogP contribution in [0.5, 0.6) is 0 Å². The van der Waals surface area contributed by atoms with Gasteiger partial charge in [-0.1, -0.05) is 23.4 Å². The molecule has 126 valence electrons. The highest BCUT2D eigenvalue weighted by molar-refractivity contribution is 5.83. The summed E-state index contributed by atoms with van der Waals surface area (Å²) in [6.07, 6.45) is 3.74. The van der Waals surface area contributed by atoms with E-state index in [0.29, 0.717) is 12.3 Å². The molecule has 4 aromatic rings. The van der Waals surface area contributed by atoms with E-state index in [1.54, 1.807) is 10.6 Å². The highest BCUT2D eigenvalue weighted by Crippen LogP contribution is 2.27. The summed E-state index contributed by atoms with van der Waals surface area (Å²) in [5.41, 5.74) is 10.5. The van der Waals surface area contributed by atoms with E-state index in [-0.39, 0.29) is 11.2 Å². The fourth-order valence-corrected chi connectivity index (χ4v) is 3.25. The smallest absolute Gasteiger partial charge is 0.274 e. The van der Waals surface area contributed by atoms with Gasteiger partial charge in [-0.2, -0.15) is 0 Å². The van der Waals surface area contributed by atoms with Crippen LogP contribution in [0.2, 0.25) is 0 Å². The summed E-state index contributed by atoms with van der Waals surface area (Å²) in [5, 5.41) is 5.08. The molecule has 0 unspecified atom stereocenters. The number of anilines is 1. The van der Waals surface area contributed by atoms with Crippen LogP contribution in [0.4, 0.5) is 5.69 Å². The van der Waals surface area contributed by atoms with Gasteiger partial charge in [0.2, 0.25) is 0 Å². The van der Waals surface area contributed by atoms with Crippen molar-refractivity contribution in [3.05, 3.63) is 70.1 Å². The number of rotatable bonds is 3. The lowest BCUT2D eigenvalue weighted by molar-refractivity contribution is 0.393. The molecular formula is C19H18N4O2. The van der Waals surface area contributed by atoms with Gasteiger partial charge >= 0.3 is 0 Å². The summed E-state index contributed by atoms with van der Waals surface area (Å²) in [6, 6.07) is 9.69. The molecule has 25 heavy (non-hydrogen) atoms. The molecule has 0 aliphatic carbocycles. The molecule has 1 aromatic carbocycles. The number of pyridine rings is 1. The Labute approximate surface area is 143 Å². The van der Waals surface area contributed by atoms with Crippen LogP contribution in [-0.4, -0.2) is 14.7 Å². The Morgan fingerprint density at radius 3 is 2.84 bits per heavy atom. The number of benzene rings is 1. The molecule has 0 radical (unpaired) electrons. The molecule has 0 aliphatic heterocycles. The molecule has 0 atom stereocenters. The fraction of sp³-hybridized carbons (Fsp3) is 0.158. The first-order valence-corrected chi connectivity index (χ1v) is 8.03. The van der Waals surface area contributed by atoms with Crippen LogP contribution in [0, 0.1) is 13.8 Å². The number of nitrogens with one attached hydrogen (secondary N) is 1. The molecule has 0 bridgehead atoms. The Morgan fingerprint density at radius 1 is 1.28 bits per heavy atom. The van der Waals surface area contributed by atoms with Crippen molar-refractivity contribution in [2.45, 2.75) is 20.4 Å². The first-order chi connectivity index (χ1) is 12.0. The number of aryl methyl sites for hydroxylation is 2. The third kappa shape index (κ3) is 2.52. The fourth-order valence-electron chi connectivity index (χ4n) is 3.25. The number of nitrogens with two attached hydrogens (primary N) is 1. The van der Waals surface area contributed by atoms with Gasteiger partial charge in [-0.3, -0.25) is 4.79 Å². The van der Waals surface area contributed by atoms with Crippen LogP contribution in [0.3, 0.4) is 0 Å². The Balaban J connectivity index is 1.84. The SMILES string of the molecule is Cc1noc(C)c1-c1cc(N)c(=O)n(Cc2c[nH]c3ccccc23)c1. The van der Waals surface area contributed by atoms with Crippen molar-refractivity contribution < 1.29 is 4.52 Å². The van der Waals surface area contributed by atoms with E-state index in [9.17, 15) is 4.79 Å². The molecule has 0 saturated heterocycles. The van der Waals surface area contributed by atoms with Crippen LogP contribution in [0.25, 0.3) is 22.0 Å². The van der Waals surface area contributed by atoms with E-state index >= 15 is 0 Å². The third-order valence-corrected chi connectivity index (χ3v) is 4.45. The number of H-pyrrole nitrogens is 1. The molecular weight excluding hydrogens is 316 g/mol. The maximum atomic E-state index is 12.5. The zero-order chi connectivity index (χ0) is 17.6. The maximum Gasteiger partial charge on any atom is 0.274 e. The largest absolute Gasteiger partial charge is 0.394 e. The highest BCUT2D eigenvalue weighted by atomic mass is 16.5.